The maximum atomic E-state index is 13.1. The normalized spacial score (nSPS) is 20.2. The van der Waals surface area contributed by atoms with Gasteiger partial charge in [0.2, 0.25) is 21.8 Å². The number of sulfonamides is 1. The van der Waals surface area contributed by atoms with Crippen LogP contribution < -0.4 is 10.2 Å². The summed E-state index contributed by atoms with van der Waals surface area (Å²) in [5.74, 6) is -1.45. The molecule has 2 heterocycles. The minimum Gasteiger partial charge on any atom is -0.326 e. The fourth-order valence-corrected chi connectivity index (χ4v) is 5.66. The lowest BCUT2D eigenvalue weighted by Crippen LogP contribution is -2.32. The molecule has 0 aliphatic carbocycles. The summed E-state index contributed by atoms with van der Waals surface area (Å²) in [7, 11) is -3.55. The van der Waals surface area contributed by atoms with Crippen molar-refractivity contribution in [2.45, 2.75) is 37.0 Å². The van der Waals surface area contributed by atoms with E-state index in [1.54, 1.807) is 12.1 Å². The predicted octanol–water partition coefficient (Wildman–Crippen LogP) is 3.38. The molecule has 170 valence electrons. The summed E-state index contributed by atoms with van der Waals surface area (Å²) in [4.78, 5) is 26.7. The summed E-state index contributed by atoms with van der Waals surface area (Å²) >= 11 is 0. The van der Waals surface area contributed by atoms with Crippen molar-refractivity contribution in [2.75, 3.05) is 29.9 Å². The molecule has 0 spiro atoms. The van der Waals surface area contributed by atoms with Gasteiger partial charge in [0.15, 0.2) is 0 Å². The van der Waals surface area contributed by atoms with Gasteiger partial charge in [-0.2, -0.15) is 4.31 Å². The molecule has 0 saturated carbocycles. The van der Waals surface area contributed by atoms with E-state index in [1.165, 1.54) is 45.6 Å². The number of carbonyl (C=O) groups excluding carboxylic acids is 2. The third kappa shape index (κ3) is 4.83. The van der Waals surface area contributed by atoms with Gasteiger partial charge in [-0.15, -0.1) is 0 Å². The van der Waals surface area contributed by atoms with Gasteiger partial charge in [-0.1, -0.05) is 12.8 Å². The number of benzene rings is 2. The Kier molecular flexibility index (Phi) is 6.57. The molecule has 0 bridgehead atoms. The van der Waals surface area contributed by atoms with E-state index in [-0.39, 0.29) is 29.7 Å². The molecule has 1 unspecified atom stereocenters. The molecule has 2 aromatic rings. The first kappa shape index (κ1) is 22.4. The number of anilines is 2. The minimum atomic E-state index is -3.55. The Morgan fingerprint density at radius 1 is 0.938 bits per heavy atom. The largest absolute Gasteiger partial charge is 0.326 e. The first-order chi connectivity index (χ1) is 15.3. The fourth-order valence-electron chi connectivity index (χ4n) is 4.14. The van der Waals surface area contributed by atoms with Gasteiger partial charge in [0.25, 0.3) is 0 Å². The standard InChI is InChI=1S/C23H26FN3O4S/c24-18-5-9-20(10-6-18)27-16-17(15-22(27)28)23(29)25-19-7-11-21(12-8-19)32(30,31)26-13-3-1-2-4-14-26/h5-12,17H,1-4,13-16H2,(H,25,29). The molecule has 2 amide bonds. The van der Waals surface area contributed by atoms with Crippen molar-refractivity contribution in [1.29, 1.82) is 0 Å². The van der Waals surface area contributed by atoms with E-state index in [0.717, 1.165) is 25.7 Å². The monoisotopic (exact) mass is 459 g/mol. The zero-order valence-electron chi connectivity index (χ0n) is 17.7. The minimum absolute atomic E-state index is 0.0602. The first-order valence-electron chi connectivity index (χ1n) is 10.8. The third-order valence-electron chi connectivity index (χ3n) is 5.96. The van der Waals surface area contributed by atoms with Crippen molar-refractivity contribution in [2.24, 2.45) is 5.92 Å². The van der Waals surface area contributed by atoms with Crippen molar-refractivity contribution in [3.63, 3.8) is 0 Å². The van der Waals surface area contributed by atoms with Crippen LogP contribution in [0.25, 0.3) is 0 Å². The quantitative estimate of drug-likeness (QED) is 0.743. The SMILES string of the molecule is O=C(Nc1ccc(S(=O)(=O)N2CCCCCC2)cc1)C1CC(=O)N(c2ccc(F)cc2)C1. The molecular formula is C23H26FN3O4S. The van der Waals surface area contributed by atoms with E-state index in [1.807, 2.05) is 0 Å². The van der Waals surface area contributed by atoms with Gasteiger partial charge in [-0.3, -0.25) is 9.59 Å². The maximum absolute atomic E-state index is 13.1. The second kappa shape index (κ2) is 9.38. The van der Waals surface area contributed by atoms with Crippen LogP contribution in [-0.4, -0.2) is 44.2 Å². The zero-order chi connectivity index (χ0) is 22.7. The summed E-state index contributed by atoms with van der Waals surface area (Å²) in [5, 5.41) is 2.77. The number of carbonyl (C=O) groups is 2. The van der Waals surface area contributed by atoms with E-state index < -0.39 is 21.8 Å². The van der Waals surface area contributed by atoms with Crippen molar-refractivity contribution in [3.8, 4) is 0 Å². The lowest BCUT2D eigenvalue weighted by molar-refractivity contribution is -0.122. The molecule has 2 aliphatic heterocycles. The highest BCUT2D eigenvalue weighted by Gasteiger charge is 2.35. The molecule has 0 radical (unpaired) electrons. The Morgan fingerprint density at radius 3 is 2.19 bits per heavy atom. The topological polar surface area (TPSA) is 86.8 Å². The Bertz CT molecular complexity index is 1080. The van der Waals surface area contributed by atoms with Gasteiger partial charge in [0, 0.05) is 37.4 Å². The Morgan fingerprint density at radius 2 is 1.56 bits per heavy atom. The van der Waals surface area contributed by atoms with Crippen LogP contribution in [0.5, 0.6) is 0 Å². The molecule has 32 heavy (non-hydrogen) atoms. The molecule has 4 rings (SSSR count). The second-order valence-electron chi connectivity index (χ2n) is 8.21. The van der Waals surface area contributed by atoms with Crippen LogP contribution in [0.2, 0.25) is 0 Å². The van der Waals surface area contributed by atoms with Crippen molar-refractivity contribution in [1.82, 2.24) is 4.31 Å². The molecular weight excluding hydrogens is 433 g/mol. The van der Waals surface area contributed by atoms with Crippen LogP contribution in [0.4, 0.5) is 15.8 Å². The maximum Gasteiger partial charge on any atom is 0.243 e. The summed E-state index contributed by atoms with van der Waals surface area (Å²) in [6, 6.07) is 11.7. The Hall–Kier alpha value is -2.78. The van der Waals surface area contributed by atoms with Gasteiger partial charge in [-0.25, -0.2) is 12.8 Å². The van der Waals surface area contributed by atoms with E-state index in [2.05, 4.69) is 5.32 Å². The van der Waals surface area contributed by atoms with Gasteiger partial charge in [0.1, 0.15) is 5.82 Å². The second-order valence-corrected chi connectivity index (χ2v) is 10.2. The predicted molar refractivity (Wildman–Crippen MR) is 119 cm³/mol. The van der Waals surface area contributed by atoms with Gasteiger partial charge < -0.3 is 10.2 Å². The molecule has 7 nitrogen and oxygen atoms in total. The lowest BCUT2D eigenvalue weighted by Gasteiger charge is -2.20. The number of hydrogen-bond acceptors (Lipinski definition) is 4. The Labute approximate surface area is 187 Å². The summed E-state index contributed by atoms with van der Waals surface area (Å²) in [6.07, 6.45) is 3.87. The van der Waals surface area contributed by atoms with E-state index >= 15 is 0 Å². The first-order valence-corrected chi connectivity index (χ1v) is 12.3. The zero-order valence-corrected chi connectivity index (χ0v) is 18.5. The van der Waals surface area contributed by atoms with Crippen LogP contribution in [-0.2, 0) is 19.6 Å². The lowest BCUT2D eigenvalue weighted by atomic mass is 10.1. The summed E-state index contributed by atoms with van der Waals surface area (Å²) in [5.41, 5.74) is 1.02. The highest BCUT2D eigenvalue weighted by atomic mass is 32.2. The van der Waals surface area contributed by atoms with E-state index in [4.69, 9.17) is 0 Å². The van der Waals surface area contributed by atoms with Gasteiger partial charge >= 0.3 is 0 Å². The van der Waals surface area contributed by atoms with Gasteiger partial charge in [0.05, 0.1) is 10.8 Å². The van der Waals surface area contributed by atoms with Crippen molar-refractivity contribution >= 4 is 33.2 Å². The van der Waals surface area contributed by atoms with E-state index in [0.29, 0.717) is 24.5 Å². The van der Waals surface area contributed by atoms with Crippen LogP contribution in [0.1, 0.15) is 32.1 Å². The molecule has 2 fully saturated rings. The van der Waals surface area contributed by atoms with Crippen LogP contribution in [0, 0.1) is 11.7 Å². The number of nitrogens with one attached hydrogen (secondary N) is 1. The van der Waals surface area contributed by atoms with Crippen LogP contribution in [0.3, 0.4) is 0 Å². The molecule has 2 aromatic carbocycles. The number of nitrogens with zero attached hydrogens (tertiary/aromatic N) is 2. The Balaban J connectivity index is 1.39. The van der Waals surface area contributed by atoms with Gasteiger partial charge in [-0.05, 0) is 61.4 Å². The smallest absolute Gasteiger partial charge is 0.243 e. The third-order valence-corrected chi connectivity index (χ3v) is 7.87. The number of amides is 2. The van der Waals surface area contributed by atoms with E-state index in [9.17, 15) is 22.4 Å². The van der Waals surface area contributed by atoms with Crippen LogP contribution in [0.15, 0.2) is 53.4 Å². The molecule has 1 atom stereocenters. The molecule has 0 aromatic heterocycles. The van der Waals surface area contributed by atoms with Crippen molar-refractivity contribution < 1.29 is 22.4 Å². The highest BCUT2D eigenvalue weighted by molar-refractivity contribution is 7.89. The molecule has 1 N–H and O–H groups in total. The van der Waals surface area contributed by atoms with Crippen LogP contribution >= 0.6 is 0 Å². The highest BCUT2D eigenvalue weighted by Crippen LogP contribution is 2.27. The summed E-state index contributed by atoms with van der Waals surface area (Å²) in [6.45, 7) is 1.26. The number of rotatable bonds is 5. The number of hydrogen-bond donors (Lipinski definition) is 1. The fraction of sp³-hybridized carbons (Fsp3) is 0.391. The number of halogens is 1. The average molecular weight is 460 g/mol. The average Bonchev–Trinajstić information content (AvgIpc) is 2.98. The molecule has 9 heteroatoms. The summed E-state index contributed by atoms with van der Waals surface area (Å²) < 4.78 is 40.4. The molecule has 2 aliphatic rings. The van der Waals surface area contributed by atoms with Crippen molar-refractivity contribution in [3.05, 3.63) is 54.3 Å². The molecule has 2 saturated heterocycles.